The van der Waals surface area contributed by atoms with Crippen LogP contribution in [0.15, 0.2) is 29.1 Å². The number of fused-ring (bicyclic) bond motifs is 1. The van der Waals surface area contributed by atoms with Gasteiger partial charge in [-0.1, -0.05) is 42.8 Å². The van der Waals surface area contributed by atoms with Gasteiger partial charge in [0.25, 0.3) is 5.56 Å². The van der Waals surface area contributed by atoms with Crippen molar-refractivity contribution in [1.29, 1.82) is 5.41 Å². The van der Waals surface area contributed by atoms with E-state index in [1.807, 2.05) is 19.1 Å². The van der Waals surface area contributed by atoms with Gasteiger partial charge in [-0.25, -0.2) is 4.98 Å². The number of halogens is 1. The molecule has 0 saturated heterocycles. The molecule has 2 unspecified atom stereocenters. The Kier molecular flexibility index (Phi) is 6.00. The van der Waals surface area contributed by atoms with E-state index in [1.54, 1.807) is 16.7 Å². The molecule has 1 saturated carbocycles. The van der Waals surface area contributed by atoms with Gasteiger partial charge in [-0.2, -0.15) is 0 Å². The van der Waals surface area contributed by atoms with Gasteiger partial charge in [-0.15, -0.1) is 0 Å². The molecule has 0 spiro atoms. The number of carbonyl (C=O) groups excluding carboxylic acids is 1. The summed E-state index contributed by atoms with van der Waals surface area (Å²) in [7, 11) is 0. The predicted octanol–water partition coefficient (Wildman–Crippen LogP) is 2.90. The molecular weight excluding hydrogens is 416 g/mol. The first-order valence-corrected chi connectivity index (χ1v) is 11.1. The molecule has 5 N–H and O–H groups in total. The van der Waals surface area contributed by atoms with Crippen molar-refractivity contribution in [2.45, 2.75) is 63.6 Å². The van der Waals surface area contributed by atoms with Crippen LogP contribution in [0.4, 0.5) is 5.82 Å². The first-order valence-electron chi connectivity index (χ1n) is 10.7. The van der Waals surface area contributed by atoms with Crippen LogP contribution in [0.25, 0.3) is 0 Å². The fraction of sp³-hybridized carbons (Fsp3) is 0.455. The molecule has 0 radical (unpaired) electrons. The minimum Gasteiger partial charge on any atom is -0.384 e. The fourth-order valence-electron chi connectivity index (χ4n) is 4.22. The van der Waals surface area contributed by atoms with Crippen molar-refractivity contribution in [1.82, 2.24) is 14.9 Å². The Morgan fingerprint density at radius 3 is 2.61 bits per heavy atom. The molecular formula is C22H27ClN6O2. The Hall–Kier alpha value is -2.87. The molecule has 2 aromatic rings. The van der Waals surface area contributed by atoms with Crippen molar-refractivity contribution in [3.8, 4) is 0 Å². The third kappa shape index (κ3) is 4.17. The highest BCUT2D eigenvalue weighted by Gasteiger charge is 2.38. The number of benzene rings is 1. The minimum absolute atomic E-state index is 0.0000616. The third-order valence-corrected chi connectivity index (χ3v) is 6.56. The molecule has 9 heteroatoms. The number of rotatable bonds is 7. The van der Waals surface area contributed by atoms with Crippen LogP contribution in [-0.4, -0.2) is 27.3 Å². The van der Waals surface area contributed by atoms with Crippen LogP contribution in [-0.2, 0) is 11.3 Å². The number of amidine groups is 1. The van der Waals surface area contributed by atoms with E-state index in [-0.39, 0.29) is 35.1 Å². The average Bonchev–Trinajstić information content (AvgIpc) is 3.13. The van der Waals surface area contributed by atoms with Crippen LogP contribution in [0, 0.1) is 5.41 Å². The van der Waals surface area contributed by atoms with Gasteiger partial charge in [0.1, 0.15) is 11.9 Å². The second-order valence-electron chi connectivity index (χ2n) is 8.27. The molecule has 2 atom stereocenters. The molecule has 31 heavy (non-hydrogen) atoms. The summed E-state index contributed by atoms with van der Waals surface area (Å²) in [6, 6.07) is 6.76. The normalized spacial score (nSPS) is 20.1. The van der Waals surface area contributed by atoms with Crippen molar-refractivity contribution in [3.05, 3.63) is 56.6 Å². The molecule has 2 heterocycles. The van der Waals surface area contributed by atoms with Crippen molar-refractivity contribution in [3.63, 3.8) is 0 Å². The molecule has 0 bridgehead atoms. The number of hydrogen-bond donors (Lipinski definition) is 4. The van der Waals surface area contributed by atoms with Crippen LogP contribution in [0.3, 0.4) is 0 Å². The number of nitrogens with two attached hydrogens (primary N) is 1. The number of nitrogen functional groups attached to an aromatic ring is 1. The van der Waals surface area contributed by atoms with Crippen LogP contribution in [0.2, 0.25) is 5.15 Å². The summed E-state index contributed by atoms with van der Waals surface area (Å²) >= 11 is 6.48. The largest absolute Gasteiger partial charge is 0.384 e. The van der Waals surface area contributed by atoms with E-state index >= 15 is 0 Å². The molecule has 1 amide bonds. The lowest BCUT2D eigenvalue weighted by molar-refractivity contribution is -0.124. The molecule has 1 aliphatic heterocycles. The van der Waals surface area contributed by atoms with Crippen molar-refractivity contribution in [2.24, 2.45) is 5.73 Å². The van der Waals surface area contributed by atoms with E-state index in [0.29, 0.717) is 29.4 Å². The monoisotopic (exact) mass is 442 g/mol. The van der Waals surface area contributed by atoms with Crippen molar-refractivity contribution >= 4 is 29.2 Å². The Bertz CT molecular complexity index is 1060. The zero-order valence-electron chi connectivity index (χ0n) is 17.5. The standard InChI is InChI=1S/C22H27ClN6O2/c1-2-13-10-16(21(30)26-11-12-6-8-14(9-7-12)19(24)25)29-17(13)18(23)28-20(22(29)31)27-15-4-3-5-15/h6-9,13,15-16H,2-5,10-11H2,1H3,(H3,24,25)(H,26,30)(H,27,28). The van der Waals surface area contributed by atoms with Crippen molar-refractivity contribution in [2.75, 3.05) is 5.32 Å². The molecule has 2 aliphatic rings. The van der Waals surface area contributed by atoms with Gasteiger partial charge in [-0.05, 0) is 37.7 Å². The zero-order valence-corrected chi connectivity index (χ0v) is 18.2. The van der Waals surface area contributed by atoms with Gasteiger partial charge in [-0.3, -0.25) is 19.6 Å². The van der Waals surface area contributed by atoms with Gasteiger partial charge >= 0.3 is 0 Å². The highest BCUT2D eigenvalue weighted by Crippen LogP contribution is 2.40. The molecule has 8 nitrogen and oxygen atoms in total. The van der Waals surface area contributed by atoms with E-state index in [9.17, 15) is 9.59 Å². The van der Waals surface area contributed by atoms with Gasteiger partial charge in [0, 0.05) is 24.1 Å². The van der Waals surface area contributed by atoms with Gasteiger partial charge in [0.05, 0.1) is 5.69 Å². The van der Waals surface area contributed by atoms with Crippen LogP contribution in [0.1, 0.15) is 67.8 Å². The quantitative estimate of drug-likeness (QED) is 0.387. The first kappa shape index (κ1) is 21.4. The Morgan fingerprint density at radius 1 is 1.32 bits per heavy atom. The molecule has 1 fully saturated rings. The average molecular weight is 443 g/mol. The van der Waals surface area contributed by atoms with E-state index in [2.05, 4.69) is 15.6 Å². The topological polar surface area (TPSA) is 126 Å². The van der Waals surface area contributed by atoms with Gasteiger partial charge in [0.15, 0.2) is 11.0 Å². The number of nitrogens with zero attached hydrogens (tertiary/aromatic N) is 2. The smallest absolute Gasteiger partial charge is 0.294 e. The summed E-state index contributed by atoms with van der Waals surface area (Å²) in [5, 5.41) is 13.9. The summed E-state index contributed by atoms with van der Waals surface area (Å²) in [4.78, 5) is 30.6. The number of amides is 1. The third-order valence-electron chi connectivity index (χ3n) is 6.28. The summed E-state index contributed by atoms with van der Waals surface area (Å²) in [5.74, 6) is 0.0237. The summed E-state index contributed by atoms with van der Waals surface area (Å²) in [5.41, 5.74) is 7.37. The summed E-state index contributed by atoms with van der Waals surface area (Å²) in [6.45, 7) is 2.34. The van der Waals surface area contributed by atoms with Crippen LogP contribution >= 0.6 is 11.6 Å². The fourth-order valence-corrected chi connectivity index (χ4v) is 4.55. The Balaban J connectivity index is 1.56. The maximum atomic E-state index is 13.2. The lowest BCUT2D eigenvalue weighted by Crippen LogP contribution is -2.38. The van der Waals surface area contributed by atoms with E-state index in [0.717, 1.165) is 31.2 Å². The van der Waals surface area contributed by atoms with Gasteiger partial charge < -0.3 is 16.4 Å². The van der Waals surface area contributed by atoms with Gasteiger partial charge in [0.2, 0.25) is 5.91 Å². The molecule has 1 aliphatic carbocycles. The minimum atomic E-state index is -0.619. The maximum absolute atomic E-state index is 13.2. The summed E-state index contributed by atoms with van der Waals surface area (Å²) < 4.78 is 1.54. The number of aromatic nitrogens is 2. The van der Waals surface area contributed by atoms with Crippen LogP contribution < -0.4 is 21.9 Å². The molecule has 1 aromatic heterocycles. The van der Waals surface area contributed by atoms with E-state index in [1.165, 1.54) is 0 Å². The maximum Gasteiger partial charge on any atom is 0.294 e. The Labute approximate surface area is 185 Å². The molecule has 164 valence electrons. The number of anilines is 1. The second kappa shape index (κ2) is 8.70. The van der Waals surface area contributed by atoms with Crippen LogP contribution in [0.5, 0.6) is 0 Å². The summed E-state index contributed by atoms with van der Waals surface area (Å²) in [6.07, 6.45) is 4.44. The zero-order chi connectivity index (χ0) is 22.1. The lowest BCUT2D eigenvalue weighted by atomic mass is 9.93. The SMILES string of the molecule is CCC1CC(C(=O)NCc2ccc(C(=N)N)cc2)n2c1c(Cl)nc(NC1CCC1)c2=O. The first-order chi connectivity index (χ1) is 14.9. The second-order valence-corrected chi connectivity index (χ2v) is 8.63. The number of nitrogens with one attached hydrogen (secondary N) is 3. The van der Waals surface area contributed by atoms with Crippen molar-refractivity contribution < 1.29 is 4.79 Å². The predicted molar refractivity (Wildman–Crippen MR) is 121 cm³/mol. The lowest BCUT2D eigenvalue weighted by Gasteiger charge is -2.27. The number of carbonyl (C=O) groups is 1. The molecule has 1 aromatic carbocycles. The number of hydrogen-bond acceptors (Lipinski definition) is 5. The highest BCUT2D eigenvalue weighted by atomic mass is 35.5. The highest BCUT2D eigenvalue weighted by molar-refractivity contribution is 6.30. The van der Waals surface area contributed by atoms with E-state index < -0.39 is 6.04 Å². The molecule has 4 rings (SSSR count). The van der Waals surface area contributed by atoms with E-state index in [4.69, 9.17) is 22.7 Å². The Morgan fingerprint density at radius 2 is 2.03 bits per heavy atom.